The fourth-order valence-electron chi connectivity index (χ4n) is 9.69. The van der Waals surface area contributed by atoms with E-state index in [1.54, 1.807) is 25.3 Å². The number of carbonyl (C=O) groups excluding carboxylic acids is 4. The average molecular weight is 939 g/mol. The number of nitrogens with zero attached hydrogens (tertiary/aromatic N) is 6. The van der Waals surface area contributed by atoms with E-state index in [0.717, 1.165) is 108 Å². The van der Waals surface area contributed by atoms with Crippen LogP contribution in [0.5, 0.6) is 5.75 Å². The van der Waals surface area contributed by atoms with Crippen LogP contribution < -0.4 is 30.9 Å². The average Bonchev–Trinajstić information content (AvgIpc) is 3.64. The number of aryl methyl sites for hydroxylation is 1. The molecule has 3 saturated heterocycles. The molecule has 4 aromatic rings. The van der Waals surface area contributed by atoms with Crippen molar-refractivity contribution in [3.8, 4) is 5.75 Å². The number of methoxy groups -OCH3 is 1. The van der Waals surface area contributed by atoms with E-state index >= 15 is 0 Å². The third kappa shape index (κ3) is 11.2. The molecule has 5 heterocycles. The zero-order valence-corrected chi connectivity index (χ0v) is 39.8. The van der Waals surface area contributed by atoms with Gasteiger partial charge in [0.05, 0.1) is 24.7 Å². The first kappa shape index (κ1) is 47.0. The van der Waals surface area contributed by atoms with E-state index < -0.39 is 13.2 Å². The second kappa shape index (κ2) is 21.0. The summed E-state index contributed by atoms with van der Waals surface area (Å²) in [5.74, 6) is 0.864. The number of piperazine rings is 1. The number of para-hydroxylation sites is 1. The molecule has 4 aliphatic heterocycles. The Morgan fingerprint density at radius 3 is 2.39 bits per heavy atom. The fourth-order valence-corrected chi connectivity index (χ4v) is 11.0. The molecule has 3 aromatic carbocycles. The molecule has 4 amide bonds. The zero-order chi connectivity index (χ0) is 46.4. The van der Waals surface area contributed by atoms with Crippen LogP contribution in [-0.2, 0) is 31.9 Å². The zero-order valence-electron chi connectivity index (χ0n) is 38.2. The van der Waals surface area contributed by atoms with E-state index in [9.17, 15) is 23.7 Å². The summed E-state index contributed by atoms with van der Waals surface area (Å²) < 4.78 is 18.7. The van der Waals surface area contributed by atoms with Crippen LogP contribution >= 0.6 is 18.7 Å². The Labute approximate surface area is 392 Å². The van der Waals surface area contributed by atoms with Gasteiger partial charge in [0.15, 0.2) is 5.82 Å². The lowest BCUT2D eigenvalue weighted by molar-refractivity contribution is -0.137. The molecule has 15 nitrogen and oxygen atoms in total. The van der Waals surface area contributed by atoms with E-state index in [-0.39, 0.29) is 30.0 Å². The second-order valence-electron chi connectivity index (χ2n) is 18.2. The number of amides is 4. The first-order valence-electron chi connectivity index (χ1n) is 23.3. The summed E-state index contributed by atoms with van der Waals surface area (Å²) in [4.78, 5) is 67.7. The molecule has 1 atom stereocenters. The van der Waals surface area contributed by atoms with Crippen molar-refractivity contribution in [2.24, 2.45) is 0 Å². The number of carbonyl (C=O) groups is 4. The molecule has 17 heteroatoms. The summed E-state index contributed by atoms with van der Waals surface area (Å²) in [6.45, 7) is 9.10. The van der Waals surface area contributed by atoms with Gasteiger partial charge in [-0.2, -0.15) is 4.98 Å². The third-order valence-corrected chi connectivity index (χ3v) is 15.2. The third-order valence-electron chi connectivity index (χ3n) is 13.4. The molecule has 1 unspecified atom stereocenters. The summed E-state index contributed by atoms with van der Waals surface area (Å²) in [5.41, 5.74) is 5.28. The fraction of sp³-hybridized carbons (Fsp3) is 0.469. The minimum Gasteiger partial charge on any atom is -0.494 e. The topological polar surface area (TPSA) is 169 Å². The van der Waals surface area contributed by atoms with Gasteiger partial charge in [-0.05, 0) is 93.3 Å². The maximum atomic E-state index is 13.1. The molecule has 8 rings (SSSR count). The largest absolute Gasteiger partial charge is 0.494 e. The minimum atomic E-state index is -2.55. The lowest BCUT2D eigenvalue weighted by Gasteiger charge is -2.43. The van der Waals surface area contributed by atoms with Gasteiger partial charge in [0.1, 0.15) is 24.0 Å². The van der Waals surface area contributed by atoms with Gasteiger partial charge >= 0.3 is 0 Å². The van der Waals surface area contributed by atoms with Gasteiger partial charge in [0.25, 0.3) is 5.91 Å². The number of anilines is 5. The molecule has 0 radical (unpaired) electrons. The minimum absolute atomic E-state index is 0.139. The van der Waals surface area contributed by atoms with Crippen LogP contribution in [0.1, 0.15) is 85.7 Å². The Balaban J connectivity index is 0.721. The highest BCUT2D eigenvalue weighted by molar-refractivity contribution is 7.70. The van der Waals surface area contributed by atoms with Crippen molar-refractivity contribution in [1.82, 2.24) is 30.0 Å². The van der Waals surface area contributed by atoms with Crippen LogP contribution in [0.15, 0.2) is 66.9 Å². The van der Waals surface area contributed by atoms with Crippen LogP contribution in [0, 0.1) is 0 Å². The number of imide groups is 1. The number of hydrogen-bond acceptors (Lipinski definition) is 12. The number of nitrogens with one attached hydrogen (secondary N) is 3. The van der Waals surface area contributed by atoms with Crippen molar-refractivity contribution >= 4 is 76.5 Å². The monoisotopic (exact) mass is 937 g/mol. The lowest BCUT2D eigenvalue weighted by atomic mass is 10.0. The van der Waals surface area contributed by atoms with Crippen LogP contribution in [0.2, 0.25) is 5.02 Å². The van der Waals surface area contributed by atoms with Crippen LogP contribution in [0.4, 0.5) is 28.8 Å². The Morgan fingerprint density at radius 2 is 1.64 bits per heavy atom. The molecule has 3 N–H and O–H groups in total. The van der Waals surface area contributed by atoms with Gasteiger partial charge in [0.2, 0.25) is 23.7 Å². The summed E-state index contributed by atoms with van der Waals surface area (Å²) in [6.07, 6.45) is 10.9. The van der Waals surface area contributed by atoms with E-state index in [4.69, 9.17) is 16.3 Å². The molecule has 0 spiro atoms. The quantitative estimate of drug-likeness (QED) is 0.0549. The number of hydrogen-bond donors (Lipinski definition) is 3. The highest BCUT2D eigenvalue weighted by atomic mass is 35.5. The number of benzene rings is 3. The highest BCUT2D eigenvalue weighted by Gasteiger charge is 2.39. The maximum Gasteiger partial charge on any atom is 0.255 e. The Bertz CT molecular complexity index is 2490. The predicted octanol–water partition coefficient (Wildman–Crippen LogP) is 7.33. The van der Waals surface area contributed by atoms with Crippen molar-refractivity contribution in [1.29, 1.82) is 0 Å². The van der Waals surface area contributed by atoms with E-state index in [1.807, 2.05) is 48.5 Å². The molecule has 1 aromatic heterocycles. The number of piperidine rings is 2. The molecular weight excluding hydrogens is 877 g/mol. The normalized spacial score (nSPS) is 18.3. The van der Waals surface area contributed by atoms with Gasteiger partial charge in [-0.1, -0.05) is 55.1 Å². The van der Waals surface area contributed by atoms with Crippen LogP contribution in [0.25, 0.3) is 0 Å². The molecule has 4 aliphatic rings. The molecule has 0 aliphatic carbocycles. The number of unbranched alkanes of at least 4 members (excludes halogenated alkanes) is 4. The predicted molar refractivity (Wildman–Crippen MR) is 259 cm³/mol. The second-order valence-corrected chi connectivity index (χ2v) is 21.8. The maximum absolute atomic E-state index is 13.1. The highest BCUT2D eigenvalue weighted by Crippen LogP contribution is 2.39. The standard InChI is InChI=1S/C49H61ClN9O6P/c1-65-42-30-36(16-18-39(42)53-49-51-31-38(50)46(55-49)52-40-12-9-10-13-43(40)66(2,3)64)56-23-21-35(22-24-56)57-25-27-58(28-26-57)45(61)14-8-6-4-5-7-11-33-15-17-37-34(29-33)32-59(48(37)63)41-19-20-44(60)54-47(41)62/h9-10,12-13,15-18,29-31,35,41H,4-8,11,14,19-28,32H2,1-3H3,(H,54,60,62)(H2,51,52,53,55). The molecular formula is C49H61ClN9O6P. The summed E-state index contributed by atoms with van der Waals surface area (Å²) in [5, 5.41) is 9.94. The molecule has 0 saturated carbocycles. The van der Waals surface area contributed by atoms with Crippen molar-refractivity contribution in [2.75, 3.05) is 75.2 Å². The summed E-state index contributed by atoms with van der Waals surface area (Å²) >= 11 is 6.49. The van der Waals surface area contributed by atoms with Crippen molar-refractivity contribution < 1.29 is 28.5 Å². The van der Waals surface area contributed by atoms with Crippen molar-refractivity contribution in [3.63, 3.8) is 0 Å². The van der Waals surface area contributed by atoms with Crippen LogP contribution in [0.3, 0.4) is 0 Å². The van der Waals surface area contributed by atoms with Gasteiger partial charge < -0.3 is 34.6 Å². The van der Waals surface area contributed by atoms with E-state index in [1.165, 1.54) is 11.8 Å². The Kier molecular flexibility index (Phi) is 14.9. The molecule has 3 fully saturated rings. The number of halogens is 1. The van der Waals surface area contributed by atoms with Gasteiger partial charge in [-0.15, -0.1) is 0 Å². The SMILES string of the molecule is COc1cc(N2CCC(N3CCN(C(=O)CCCCCCCc4ccc5c(c4)CN(C4CCC(=O)NC4=O)C5=O)CC3)CC2)ccc1Nc1ncc(Cl)c(Nc2ccccc2P(C)(C)=O)n1. The smallest absolute Gasteiger partial charge is 0.255 e. The first-order valence-corrected chi connectivity index (χ1v) is 26.2. The summed E-state index contributed by atoms with van der Waals surface area (Å²) in [6, 6.07) is 19.4. The molecule has 0 bridgehead atoms. The lowest BCUT2D eigenvalue weighted by Crippen LogP contribution is -2.54. The van der Waals surface area contributed by atoms with E-state index in [2.05, 4.69) is 52.8 Å². The van der Waals surface area contributed by atoms with E-state index in [0.29, 0.717) is 64.5 Å². The van der Waals surface area contributed by atoms with Crippen molar-refractivity contribution in [2.45, 2.75) is 89.3 Å². The van der Waals surface area contributed by atoms with Gasteiger partial charge in [-0.25, -0.2) is 4.98 Å². The number of fused-ring (bicyclic) bond motifs is 1. The number of rotatable bonds is 17. The van der Waals surface area contributed by atoms with Crippen LogP contribution in [-0.4, -0.2) is 120 Å². The summed E-state index contributed by atoms with van der Waals surface area (Å²) in [7, 11) is -0.903. The molecule has 350 valence electrons. The number of aromatic nitrogens is 2. The first-order chi connectivity index (χ1) is 31.8. The Morgan fingerprint density at radius 1 is 0.879 bits per heavy atom. The van der Waals surface area contributed by atoms with Gasteiger partial charge in [-0.3, -0.25) is 29.4 Å². The van der Waals surface area contributed by atoms with Gasteiger partial charge in [0, 0.05) is 87.3 Å². The Hall–Kier alpha value is -5.50. The number of ether oxygens (including phenoxy) is 1. The molecule has 66 heavy (non-hydrogen) atoms. The van der Waals surface area contributed by atoms with Crippen molar-refractivity contribution in [3.05, 3.63) is 88.6 Å².